The molecule has 2 amide bonds. The van der Waals surface area contributed by atoms with Crippen molar-refractivity contribution in [2.45, 2.75) is 64.8 Å². The van der Waals surface area contributed by atoms with Gasteiger partial charge in [0.15, 0.2) is 0 Å². The van der Waals surface area contributed by atoms with E-state index in [1.165, 1.54) is 0 Å². The van der Waals surface area contributed by atoms with Crippen LogP contribution in [0.25, 0.3) is 0 Å². The molecule has 8 heteroatoms. The normalized spacial score (nSPS) is 24.7. The fraction of sp³-hybridized carbons (Fsp3) is 0.714. The summed E-state index contributed by atoms with van der Waals surface area (Å²) in [7, 11) is 0. The zero-order valence-electron chi connectivity index (χ0n) is 17.1. The second kappa shape index (κ2) is 7.38. The minimum absolute atomic E-state index is 0.00108. The fourth-order valence-corrected chi connectivity index (χ4v) is 5.39. The number of piperidine rings is 1. The van der Waals surface area contributed by atoms with Crippen molar-refractivity contribution in [1.82, 2.24) is 14.8 Å². The van der Waals surface area contributed by atoms with Crippen molar-refractivity contribution in [3.63, 3.8) is 0 Å². The van der Waals surface area contributed by atoms with Gasteiger partial charge >= 0.3 is 5.97 Å². The summed E-state index contributed by atoms with van der Waals surface area (Å²) in [6.07, 6.45) is 4.84. The zero-order chi connectivity index (χ0) is 20.8. The number of rotatable bonds is 5. The highest BCUT2D eigenvalue weighted by Gasteiger charge is 2.55. The van der Waals surface area contributed by atoms with Gasteiger partial charge in [-0.1, -0.05) is 6.92 Å². The first-order chi connectivity index (χ1) is 13.7. The summed E-state index contributed by atoms with van der Waals surface area (Å²) >= 11 is 1.60. The Bertz CT molecular complexity index is 824. The fourth-order valence-electron chi connectivity index (χ4n) is 4.75. The van der Waals surface area contributed by atoms with Crippen molar-refractivity contribution in [3.8, 4) is 0 Å². The molecule has 158 valence electrons. The molecule has 2 aliphatic heterocycles. The lowest BCUT2D eigenvalue weighted by Crippen LogP contribution is -2.46. The highest BCUT2D eigenvalue weighted by molar-refractivity contribution is 7.09. The van der Waals surface area contributed by atoms with E-state index in [9.17, 15) is 19.5 Å². The molecule has 3 fully saturated rings. The van der Waals surface area contributed by atoms with Gasteiger partial charge in [-0.05, 0) is 50.9 Å². The van der Waals surface area contributed by atoms with Crippen LogP contribution >= 0.6 is 11.3 Å². The van der Waals surface area contributed by atoms with E-state index in [4.69, 9.17) is 0 Å². The Morgan fingerprint density at radius 3 is 2.48 bits per heavy atom. The van der Waals surface area contributed by atoms with Crippen molar-refractivity contribution >= 4 is 29.1 Å². The van der Waals surface area contributed by atoms with Gasteiger partial charge in [-0.3, -0.25) is 9.59 Å². The number of carboxylic acids is 1. The molecule has 1 atom stereocenters. The number of aliphatic carboxylic acids is 1. The Balaban J connectivity index is 1.34. The number of hydrogen-bond acceptors (Lipinski definition) is 5. The Morgan fingerprint density at radius 2 is 1.93 bits per heavy atom. The molecule has 1 aromatic heterocycles. The van der Waals surface area contributed by atoms with Gasteiger partial charge in [-0.15, -0.1) is 11.3 Å². The van der Waals surface area contributed by atoms with Crippen molar-refractivity contribution in [2.75, 3.05) is 19.6 Å². The number of carboxylic acid groups (broad SMARTS) is 1. The highest BCUT2D eigenvalue weighted by atomic mass is 32.1. The molecular formula is C21H29N3O4S. The molecule has 0 bridgehead atoms. The van der Waals surface area contributed by atoms with Crippen molar-refractivity contribution in [3.05, 3.63) is 16.1 Å². The average molecular weight is 420 g/mol. The predicted octanol–water partition coefficient (Wildman–Crippen LogP) is 2.48. The molecule has 29 heavy (non-hydrogen) atoms. The van der Waals surface area contributed by atoms with Crippen LogP contribution in [-0.4, -0.2) is 63.4 Å². The molecule has 4 rings (SSSR count). The maximum absolute atomic E-state index is 12.9. The number of likely N-dealkylation sites (tertiary alicyclic amines) is 2. The first kappa shape index (κ1) is 20.3. The number of aryl methyl sites for hydroxylation is 2. The van der Waals surface area contributed by atoms with E-state index in [0.29, 0.717) is 38.9 Å². The van der Waals surface area contributed by atoms with Crippen molar-refractivity contribution in [2.24, 2.45) is 10.8 Å². The summed E-state index contributed by atoms with van der Waals surface area (Å²) in [4.78, 5) is 45.2. The Labute approximate surface area is 175 Å². The van der Waals surface area contributed by atoms with E-state index >= 15 is 0 Å². The SMILES string of the molecule is Cc1nc(CCC(=O)N2CCC3(CC2)CC(C(=O)O)N(C(=O)C2(C)CC2)C3)cs1. The predicted molar refractivity (Wildman–Crippen MR) is 109 cm³/mol. The molecule has 0 radical (unpaired) electrons. The van der Waals surface area contributed by atoms with Crippen LogP contribution in [0.5, 0.6) is 0 Å². The molecule has 1 N–H and O–H groups in total. The van der Waals surface area contributed by atoms with Gasteiger partial charge in [0, 0.05) is 36.9 Å². The van der Waals surface area contributed by atoms with E-state index in [1.807, 2.05) is 24.1 Å². The highest BCUT2D eigenvalue weighted by Crippen LogP contribution is 2.50. The number of aromatic nitrogens is 1. The van der Waals surface area contributed by atoms with Crippen molar-refractivity contribution < 1.29 is 19.5 Å². The molecule has 1 unspecified atom stereocenters. The van der Waals surface area contributed by atoms with Gasteiger partial charge in [0.05, 0.1) is 10.7 Å². The largest absolute Gasteiger partial charge is 0.480 e. The Kier molecular flexibility index (Phi) is 5.17. The summed E-state index contributed by atoms with van der Waals surface area (Å²) in [6, 6.07) is -0.727. The third kappa shape index (κ3) is 4.04. The second-order valence-corrected chi connectivity index (χ2v) is 10.4. The topological polar surface area (TPSA) is 90.8 Å². The Morgan fingerprint density at radius 1 is 1.24 bits per heavy atom. The van der Waals surface area contributed by atoms with Gasteiger partial charge in [0.2, 0.25) is 11.8 Å². The minimum Gasteiger partial charge on any atom is -0.480 e. The Hall–Kier alpha value is -1.96. The maximum atomic E-state index is 12.9. The van der Waals surface area contributed by atoms with E-state index < -0.39 is 12.0 Å². The number of thiazole rings is 1. The first-order valence-electron chi connectivity index (χ1n) is 10.4. The molecule has 1 aromatic rings. The molecule has 1 saturated carbocycles. The van der Waals surface area contributed by atoms with Crippen LogP contribution in [0.4, 0.5) is 0 Å². The van der Waals surface area contributed by atoms with Gasteiger partial charge in [0.25, 0.3) is 0 Å². The first-order valence-corrected chi connectivity index (χ1v) is 11.3. The molecule has 0 aromatic carbocycles. The van der Waals surface area contributed by atoms with Gasteiger partial charge < -0.3 is 14.9 Å². The van der Waals surface area contributed by atoms with E-state index in [1.54, 1.807) is 16.2 Å². The molecule has 3 aliphatic rings. The summed E-state index contributed by atoms with van der Waals surface area (Å²) < 4.78 is 0. The number of carbonyl (C=O) groups excluding carboxylic acids is 2. The van der Waals surface area contributed by atoms with Crippen LogP contribution in [0.1, 0.15) is 56.2 Å². The summed E-state index contributed by atoms with van der Waals surface area (Å²) in [5, 5.41) is 12.7. The standard InChI is InChI=1S/C21H29N3O4S/c1-14-22-15(12-29-14)3-4-17(25)23-9-7-21(8-10-23)11-16(18(26)27)24(13-21)19(28)20(2)5-6-20/h12,16H,3-11,13H2,1-2H3,(H,26,27). The lowest BCUT2D eigenvalue weighted by molar-refractivity contribution is -0.150. The van der Waals surface area contributed by atoms with Crippen LogP contribution < -0.4 is 0 Å². The minimum atomic E-state index is -0.906. The van der Waals surface area contributed by atoms with Crippen LogP contribution in [0, 0.1) is 17.8 Å². The smallest absolute Gasteiger partial charge is 0.326 e. The van der Waals surface area contributed by atoms with Crippen LogP contribution in [0.3, 0.4) is 0 Å². The number of hydrogen-bond donors (Lipinski definition) is 1. The number of nitrogens with zero attached hydrogens (tertiary/aromatic N) is 3. The summed E-state index contributed by atoms with van der Waals surface area (Å²) in [5.74, 6) is -0.771. The van der Waals surface area contributed by atoms with Crippen LogP contribution in [-0.2, 0) is 20.8 Å². The third-order valence-corrected chi connectivity index (χ3v) is 7.83. The average Bonchev–Trinajstić information content (AvgIpc) is 3.14. The quantitative estimate of drug-likeness (QED) is 0.792. The summed E-state index contributed by atoms with van der Waals surface area (Å²) in [6.45, 7) is 5.69. The third-order valence-electron chi connectivity index (χ3n) is 7.01. The van der Waals surface area contributed by atoms with E-state index in [0.717, 1.165) is 36.4 Å². The van der Waals surface area contributed by atoms with Gasteiger partial charge in [-0.2, -0.15) is 0 Å². The second-order valence-electron chi connectivity index (χ2n) is 9.29. The molecule has 7 nitrogen and oxygen atoms in total. The molecule has 1 aliphatic carbocycles. The monoisotopic (exact) mass is 419 g/mol. The van der Waals surface area contributed by atoms with Gasteiger partial charge in [0.1, 0.15) is 6.04 Å². The number of amides is 2. The lowest BCUT2D eigenvalue weighted by atomic mass is 9.76. The van der Waals surface area contributed by atoms with E-state index in [2.05, 4.69) is 4.98 Å². The molecular weight excluding hydrogens is 390 g/mol. The van der Waals surface area contributed by atoms with Crippen LogP contribution in [0.2, 0.25) is 0 Å². The maximum Gasteiger partial charge on any atom is 0.326 e. The van der Waals surface area contributed by atoms with Gasteiger partial charge in [-0.25, -0.2) is 9.78 Å². The zero-order valence-corrected chi connectivity index (χ0v) is 18.0. The van der Waals surface area contributed by atoms with Crippen molar-refractivity contribution in [1.29, 1.82) is 0 Å². The molecule has 2 saturated heterocycles. The van der Waals surface area contributed by atoms with E-state index in [-0.39, 0.29) is 22.6 Å². The lowest BCUT2D eigenvalue weighted by Gasteiger charge is -2.39. The molecule has 1 spiro atoms. The summed E-state index contributed by atoms with van der Waals surface area (Å²) in [5.41, 5.74) is 0.439. The molecule has 3 heterocycles. The number of carbonyl (C=O) groups is 3. The van der Waals surface area contributed by atoms with Crippen LogP contribution in [0.15, 0.2) is 5.38 Å².